The van der Waals surface area contributed by atoms with Crippen LogP contribution >= 0.6 is 27.7 Å². The average Bonchev–Trinajstić information content (AvgIpc) is 2.32. The van der Waals surface area contributed by atoms with Gasteiger partial charge in [0, 0.05) is 0 Å². The van der Waals surface area contributed by atoms with Gasteiger partial charge in [-0.25, -0.2) is 0 Å². The van der Waals surface area contributed by atoms with E-state index in [-0.39, 0.29) is 6.10 Å². The summed E-state index contributed by atoms with van der Waals surface area (Å²) in [5, 5.41) is 8.15. The molecular weight excluding hydrogens is 314 g/mol. The predicted octanol–water partition coefficient (Wildman–Crippen LogP) is 3.25. The Hall–Kier alpha value is -1.01. The zero-order chi connectivity index (χ0) is 13.5. The van der Waals surface area contributed by atoms with E-state index in [4.69, 9.17) is 10.5 Å². The lowest BCUT2D eigenvalue weighted by Gasteiger charge is -2.11. The molecule has 0 amide bonds. The maximum absolute atomic E-state index is 5.62. The third-order valence-electron chi connectivity index (χ3n) is 1.89. The Morgan fingerprint density at radius 3 is 2.78 bits per heavy atom. The van der Waals surface area contributed by atoms with Gasteiger partial charge in [-0.2, -0.15) is 5.10 Å². The Morgan fingerprint density at radius 2 is 2.22 bits per heavy atom. The van der Waals surface area contributed by atoms with Crippen molar-refractivity contribution < 1.29 is 4.74 Å². The molecule has 0 saturated heterocycles. The normalized spacial score (nSPS) is 12.4. The van der Waals surface area contributed by atoms with E-state index in [0.29, 0.717) is 5.17 Å². The smallest absolute Gasteiger partial charge is 0.180 e. The Balaban J connectivity index is 2.78. The lowest BCUT2D eigenvalue weighted by molar-refractivity contribution is 0.241. The molecule has 0 atom stereocenters. The quantitative estimate of drug-likeness (QED) is 0.524. The van der Waals surface area contributed by atoms with E-state index in [2.05, 4.69) is 26.1 Å². The number of hydrogen-bond acceptors (Lipinski definition) is 4. The van der Waals surface area contributed by atoms with E-state index in [0.717, 1.165) is 15.8 Å². The zero-order valence-corrected chi connectivity index (χ0v) is 13.0. The van der Waals surface area contributed by atoms with Gasteiger partial charge < -0.3 is 10.5 Å². The fourth-order valence-electron chi connectivity index (χ4n) is 1.14. The van der Waals surface area contributed by atoms with Crippen LogP contribution in [0.25, 0.3) is 0 Å². The molecule has 0 fully saturated rings. The van der Waals surface area contributed by atoms with Crippen LogP contribution < -0.4 is 10.5 Å². The van der Waals surface area contributed by atoms with Crippen LogP contribution in [0.2, 0.25) is 0 Å². The lowest BCUT2D eigenvalue weighted by Crippen LogP contribution is -2.06. The van der Waals surface area contributed by atoms with E-state index in [9.17, 15) is 0 Å². The minimum absolute atomic E-state index is 0.145. The van der Waals surface area contributed by atoms with Crippen LogP contribution in [-0.2, 0) is 0 Å². The maximum atomic E-state index is 5.62. The monoisotopic (exact) mass is 329 g/mol. The molecule has 0 unspecified atom stereocenters. The van der Waals surface area contributed by atoms with Crippen molar-refractivity contribution in [2.75, 3.05) is 6.26 Å². The molecule has 0 bridgehead atoms. The molecule has 0 aliphatic rings. The highest BCUT2D eigenvalue weighted by atomic mass is 79.9. The van der Waals surface area contributed by atoms with Crippen LogP contribution in [0, 0.1) is 0 Å². The van der Waals surface area contributed by atoms with Gasteiger partial charge in [0.2, 0.25) is 0 Å². The van der Waals surface area contributed by atoms with Gasteiger partial charge in [0.15, 0.2) is 5.17 Å². The predicted molar refractivity (Wildman–Crippen MR) is 82.6 cm³/mol. The number of ether oxygens (including phenoxy) is 1. The van der Waals surface area contributed by atoms with E-state index >= 15 is 0 Å². The van der Waals surface area contributed by atoms with E-state index < -0.39 is 0 Å². The van der Waals surface area contributed by atoms with Gasteiger partial charge in [0.1, 0.15) is 5.75 Å². The highest BCUT2D eigenvalue weighted by Crippen LogP contribution is 2.26. The first-order chi connectivity index (χ1) is 8.52. The largest absolute Gasteiger partial charge is 0.490 e. The Morgan fingerprint density at radius 1 is 1.50 bits per heavy atom. The first-order valence-electron chi connectivity index (χ1n) is 5.39. The fourth-order valence-corrected chi connectivity index (χ4v) is 1.76. The molecule has 2 N–H and O–H groups in total. The van der Waals surface area contributed by atoms with E-state index in [1.165, 1.54) is 11.8 Å². The number of nitrogens with zero attached hydrogens (tertiary/aromatic N) is 2. The van der Waals surface area contributed by atoms with Gasteiger partial charge in [-0.1, -0.05) is 11.8 Å². The Bertz CT molecular complexity index is 461. The molecule has 0 spiro atoms. The summed E-state index contributed by atoms with van der Waals surface area (Å²) >= 11 is 4.82. The summed E-state index contributed by atoms with van der Waals surface area (Å²) in [7, 11) is 0. The first kappa shape index (κ1) is 15.0. The summed E-state index contributed by atoms with van der Waals surface area (Å²) in [4.78, 5) is 0. The number of nitrogens with two attached hydrogens (primary N) is 1. The third kappa shape index (κ3) is 5.10. The lowest BCUT2D eigenvalue weighted by atomic mass is 10.2. The summed E-state index contributed by atoms with van der Waals surface area (Å²) in [6.45, 7) is 3.98. The molecule has 0 aliphatic carbocycles. The van der Waals surface area contributed by atoms with Gasteiger partial charge in [0.05, 0.1) is 16.8 Å². The number of thioether (sulfide) groups is 1. The van der Waals surface area contributed by atoms with Crippen molar-refractivity contribution in [2.24, 2.45) is 15.9 Å². The van der Waals surface area contributed by atoms with Crippen molar-refractivity contribution in [1.82, 2.24) is 0 Å². The van der Waals surface area contributed by atoms with Crippen molar-refractivity contribution in [3.8, 4) is 5.75 Å². The molecule has 18 heavy (non-hydrogen) atoms. The molecule has 0 saturated carbocycles. The fraction of sp³-hybridized carbons (Fsp3) is 0.333. The summed E-state index contributed by atoms with van der Waals surface area (Å²) in [5.74, 6) is 0.814. The Labute approximate surface area is 120 Å². The van der Waals surface area contributed by atoms with Crippen molar-refractivity contribution in [3.05, 3.63) is 28.2 Å². The van der Waals surface area contributed by atoms with Crippen molar-refractivity contribution in [1.29, 1.82) is 0 Å². The van der Waals surface area contributed by atoms with E-state index in [1.807, 2.05) is 38.3 Å². The highest BCUT2D eigenvalue weighted by Gasteiger charge is 2.03. The first-order valence-corrected chi connectivity index (χ1v) is 7.41. The molecule has 1 aromatic rings. The SMILES string of the molecule is CS/C(N)=N/N=C\c1ccc(OC(C)C)c(Br)c1. The number of halogens is 1. The molecule has 0 heterocycles. The summed E-state index contributed by atoms with van der Waals surface area (Å²) in [5.41, 5.74) is 6.44. The summed E-state index contributed by atoms with van der Waals surface area (Å²) in [6, 6.07) is 5.73. The van der Waals surface area contributed by atoms with Crippen molar-refractivity contribution in [2.45, 2.75) is 20.0 Å². The van der Waals surface area contributed by atoms with Crippen LogP contribution in [0.15, 0.2) is 32.9 Å². The van der Waals surface area contributed by atoms with Gasteiger partial charge in [-0.3, -0.25) is 0 Å². The number of amidine groups is 1. The summed E-state index contributed by atoms with van der Waals surface area (Å²) < 4.78 is 6.51. The molecule has 6 heteroatoms. The molecule has 4 nitrogen and oxygen atoms in total. The highest BCUT2D eigenvalue weighted by molar-refractivity contribution is 9.10. The number of hydrogen-bond donors (Lipinski definition) is 1. The molecule has 0 aliphatic heterocycles. The van der Waals surface area contributed by atoms with Crippen LogP contribution in [-0.4, -0.2) is 23.7 Å². The van der Waals surface area contributed by atoms with Crippen LogP contribution in [0.1, 0.15) is 19.4 Å². The van der Waals surface area contributed by atoms with Gasteiger partial charge in [-0.05, 0) is 59.8 Å². The zero-order valence-electron chi connectivity index (χ0n) is 10.6. The molecule has 1 rings (SSSR count). The average molecular weight is 330 g/mol. The molecular formula is C12H16BrN3OS. The topological polar surface area (TPSA) is 60.0 Å². The maximum Gasteiger partial charge on any atom is 0.180 e. The molecule has 0 radical (unpaired) electrons. The second kappa shape index (κ2) is 7.43. The second-order valence-corrected chi connectivity index (χ2v) is 5.42. The molecule has 0 aromatic heterocycles. The van der Waals surface area contributed by atoms with Crippen LogP contribution in [0.4, 0.5) is 0 Å². The van der Waals surface area contributed by atoms with Gasteiger partial charge in [-0.15, -0.1) is 5.10 Å². The number of benzene rings is 1. The third-order valence-corrected chi connectivity index (χ3v) is 3.01. The second-order valence-electron chi connectivity index (χ2n) is 3.74. The van der Waals surface area contributed by atoms with Crippen LogP contribution in [0.5, 0.6) is 5.75 Å². The van der Waals surface area contributed by atoms with Gasteiger partial charge >= 0.3 is 0 Å². The van der Waals surface area contributed by atoms with Crippen LogP contribution in [0.3, 0.4) is 0 Å². The minimum Gasteiger partial charge on any atom is -0.490 e. The van der Waals surface area contributed by atoms with Gasteiger partial charge in [0.25, 0.3) is 0 Å². The number of rotatable bonds is 4. The van der Waals surface area contributed by atoms with Crippen molar-refractivity contribution in [3.63, 3.8) is 0 Å². The molecule has 98 valence electrons. The minimum atomic E-state index is 0.145. The molecule has 1 aromatic carbocycles. The van der Waals surface area contributed by atoms with E-state index in [1.54, 1.807) is 6.21 Å². The summed E-state index contributed by atoms with van der Waals surface area (Å²) in [6.07, 6.45) is 3.64. The standard InChI is InChI=1S/C12H16BrN3OS/c1-8(2)17-11-5-4-9(6-10(11)13)7-15-16-12(14)18-3/h4-8H,1-3H3,(H2,14,16)/b15-7-. The Kier molecular flexibility index (Phi) is 6.21. The van der Waals surface area contributed by atoms with Crippen molar-refractivity contribution >= 4 is 39.1 Å².